The molecule has 0 bridgehead atoms. The minimum Gasteiger partial charge on any atom is -0.244 e. The number of nitrogens with zero attached hydrogens (tertiary/aromatic N) is 2. The third-order valence-corrected chi connectivity index (χ3v) is 6.54. The minimum atomic E-state index is 1.07. The Morgan fingerprint density at radius 2 is 1.75 bits per heavy atom. The molecule has 0 fully saturated rings. The molecule has 0 amide bonds. The highest BCUT2D eigenvalue weighted by Gasteiger charge is 2.23. The molecule has 3 heterocycles. The molecule has 3 aromatic heterocycles. The Balaban J connectivity index is 2.06. The first-order valence-corrected chi connectivity index (χ1v) is 9.62. The molecular weight excluding hydrogens is 332 g/mol. The van der Waals surface area contributed by atoms with Crippen LogP contribution in [0.5, 0.6) is 0 Å². The second kappa shape index (κ2) is 5.10. The van der Waals surface area contributed by atoms with Gasteiger partial charge in [0.05, 0.1) is 16.6 Å². The van der Waals surface area contributed by atoms with Crippen LogP contribution >= 0.6 is 22.7 Å². The lowest BCUT2D eigenvalue weighted by Crippen LogP contribution is -2.30. The third kappa shape index (κ3) is 1.81. The van der Waals surface area contributed by atoms with Crippen molar-refractivity contribution in [2.45, 2.75) is 6.92 Å². The lowest BCUT2D eigenvalue weighted by atomic mass is 9.94. The van der Waals surface area contributed by atoms with Crippen LogP contribution in [0.2, 0.25) is 0 Å². The summed E-state index contributed by atoms with van der Waals surface area (Å²) in [6.07, 6.45) is 2.12. The largest absolute Gasteiger partial charge is 0.244 e. The summed E-state index contributed by atoms with van der Waals surface area (Å²) < 4.78 is 4.85. The first kappa shape index (κ1) is 14.1. The molecule has 0 radical (unpaired) electrons. The second-order valence-corrected chi connectivity index (χ2v) is 7.82. The summed E-state index contributed by atoms with van der Waals surface area (Å²) in [4.78, 5) is 4.51. The molecule has 2 nitrogen and oxygen atoms in total. The van der Waals surface area contributed by atoms with Crippen LogP contribution in [0.3, 0.4) is 0 Å². The number of pyridine rings is 1. The average molecular weight is 347 g/mol. The number of thiophene rings is 1. The zero-order chi connectivity index (χ0) is 16.3. The fourth-order valence-corrected chi connectivity index (χ4v) is 5.44. The smallest absolute Gasteiger partial charge is 0.232 e. The third-order valence-electron chi connectivity index (χ3n) is 4.74. The van der Waals surface area contributed by atoms with Gasteiger partial charge in [-0.1, -0.05) is 24.3 Å². The molecule has 0 N–H and O–H groups in total. The topological polar surface area (TPSA) is 16.8 Å². The second-order valence-electron chi connectivity index (χ2n) is 6.05. The summed E-state index contributed by atoms with van der Waals surface area (Å²) in [7, 11) is 2.13. The molecule has 0 saturated heterocycles. The summed E-state index contributed by atoms with van der Waals surface area (Å²) >= 11 is 3.55. The molecule has 5 rings (SSSR count). The van der Waals surface area contributed by atoms with Crippen molar-refractivity contribution in [1.29, 1.82) is 0 Å². The monoisotopic (exact) mass is 347 g/mol. The molecule has 5 aromatic rings. The Kier molecular flexibility index (Phi) is 2.99. The van der Waals surface area contributed by atoms with Gasteiger partial charge in [0.25, 0.3) is 0 Å². The minimum absolute atomic E-state index is 1.07. The van der Waals surface area contributed by atoms with Gasteiger partial charge in [-0.3, -0.25) is 0 Å². The number of hydrogen-bond donors (Lipinski definition) is 0. The fraction of sp³-hybridized carbons (Fsp3) is 0.100. The lowest BCUT2D eigenvalue weighted by Gasteiger charge is -2.11. The van der Waals surface area contributed by atoms with Crippen LogP contribution in [-0.2, 0) is 7.05 Å². The molecule has 0 unspecified atom stereocenters. The molecule has 2 aromatic carbocycles. The predicted molar refractivity (Wildman–Crippen MR) is 104 cm³/mol. The van der Waals surface area contributed by atoms with Gasteiger partial charge in [0.15, 0.2) is 6.20 Å². The van der Waals surface area contributed by atoms with Gasteiger partial charge >= 0.3 is 0 Å². The van der Waals surface area contributed by atoms with Gasteiger partial charge in [-0.2, -0.15) is 4.57 Å². The van der Waals surface area contributed by atoms with Gasteiger partial charge in [-0.05, 0) is 34.7 Å². The van der Waals surface area contributed by atoms with E-state index in [1.807, 2.05) is 16.8 Å². The maximum Gasteiger partial charge on any atom is 0.232 e. The lowest BCUT2D eigenvalue weighted by molar-refractivity contribution is -0.659. The first-order chi connectivity index (χ1) is 11.8. The number of hydrogen-bond acceptors (Lipinski definition) is 3. The van der Waals surface area contributed by atoms with Crippen molar-refractivity contribution >= 4 is 53.7 Å². The number of fused-ring (bicyclic) bond motifs is 4. The maximum absolute atomic E-state index is 4.51. The van der Waals surface area contributed by atoms with E-state index in [4.69, 9.17) is 0 Å². The SMILES string of the molecule is Cc1c(-c2c3scnc3cc[n+]2C)c2ccsc2c2ccccc12. The van der Waals surface area contributed by atoms with E-state index < -0.39 is 0 Å². The van der Waals surface area contributed by atoms with Gasteiger partial charge in [-0.25, -0.2) is 4.98 Å². The number of rotatable bonds is 1. The number of aromatic nitrogens is 2. The molecule has 4 heteroatoms. The summed E-state index contributed by atoms with van der Waals surface area (Å²) in [5, 5.41) is 6.23. The highest BCUT2D eigenvalue weighted by Crippen LogP contribution is 2.42. The first-order valence-electron chi connectivity index (χ1n) is 7.86. The van der Waals surface area contributed by atoms with E-state index >= 15 is 0 Å². The molecule has 116 valence electrons. The number of aryl methyl sites for hydroxylation is 2. The quantitative estimate of drug-likeness (QED) is 0.368. The van der Waals surface area contributed by atoms with Crippen molar-refractivity contribution in [3.63, 3.8) is 0 Å². The van der Waals surface area contributed by atoms with Gasteiger partial charge in [0.1, 0.15) is 11.7 Å². The maximum atomic E-state index is 4.51. The molecular formula is C20H15N2S2+. The van der Waals surface area contributed by atoms with Crippen LogP contribution in [0.15, 0.2) is 53.5 Å². The molecule has 24 heavy (non-hydrogen) atoms. The Morgan fingerprint density at radius 3 is 2.62 bits per heavy atom. The molecule has 0 aliphatic rings. The summed E-state index contributed by atoms with van der Waals surface area (Å²) in [5.74, 6) is 0. The average Bonchev–Trinajstić information content (AvgIpc) is 3.26. The van der Waals surface area contributed by atoms with Crippen LogP contribution in [-0.4, -0.2) is 4.98 Å². The Hall–Kier alpha value is -2.30. The Bertz CT molecular complexity index is 1230. The normalized spacial score (nSPS) is 11.8. The zero-order valence-corrected chi connectivity index (χ0v) is 15.0. The van der Waals surface area contributed by atoms with Gasteiger partial charge in [0, 0.05) is 16.2 Å². The molecule has 0 atom stereocenters. The van der Waals surface area contributed by atoms with Gasteiger partial charge in [-0.15, -0.1) is 22.7 Å². The van der Waals surface area contributed by atoms with Crippen LogP contribution in [0.1, 0.15) is 5.56 Å². The predicted octanol–water partition coefficient (Wildman–Crippen LogP) is 5.46. The summed E-state index contributed by atoms with van der Waals surface area (Å²) in [6, 6.07) is 13.1. The van der Waals surface area contributed by atoms with Gasteiger partial charge < -0.3 is 0 Å². The number of benzene rings is 2. The fourth-order valence-electron chi connectivity index (χ4n) is 3.62. The van der Waals surface area contributed by atoms with E-state index in [1.54, 1.807) is 11.3 Å². The van der Waals surface area contributed by atoms with Gasteiger partial charge in [0.2, 0.25) is 5.69 Å². The van der Waals surface area contributed by atoms with Crippen LogP contribution in [0, 0.1) is 6.92 Å². The number of thiazole rings is 1. The van der Waals surface area contributed by atoms with E-state index in [2.05, 4.69) is 71.5 Å². The zero-order valence-electron chi connectivity index (χ0n) is 13.4. The van der Waals surface area contributed by atoms with E-state index in [9.17, 15) is 0 Å². The Morgan fingerprint density at radius 1 is 0.917 bits per heavy atom. The van der Waals surface area contributed by atoms with Crippen molar-refractivity contribution in [3.8, 4) is 11.3 Å². The summed E-state index contributed by atoms with van der Waals surface area (Å²) in [5.41, 5.74) is 6.95. The van der Waals surface area contributed by atoms with Crippen molar-refractivity contribution in [2.24, 2.45) is 7.05 Å². The Labute approximate surface area is 147 Å². The van der Waals surface area contributed by atoms with E-state index in [1.165, 1.54) is 42.4 Å². The van der Waals surface area contributed by atoms with E-state index in [0.717, 1.165) is 5.52 Å². The molecule has 0 aliphatic heterocycles. The molecule has 0 spiro atoms. The molecule has 0 aliphatic carbocycles. The van der Waals surface area contributed by atoms with Crippen LogP contribution in [0.25, 0.3) is 42.3 Å². The summed E-state index contributed by atoms with van der Waals surface area (Å²) in [6.45, 7) is 2.24. The molecule has 0 saturated carbocycles. The van der Waals surface area contributed by atoms with E-state index in [-0.39, 0.29) is 0 Å². The van der Waals surface area contributed by atoms with Crippen molar-refractivity contribution in [3.05, 3.63) is 59.0 Å². The highest BCUT2D eigenvalue weighted by atomic mass is 32.1. The van der Waals surface area contributed by atoms with Crippen LogP contribution < -0.4 is 4.57 Å². The van der Waals surface area contributed by atoms with Crippen molar-refractivity contribution < 1.29 is 4.57 Å². The van der Waals surface area contributed by atoms with Crippen molar-refractivity contribution in [2.75, 3.05) is 0 Å². The van der Waals surface area contributed by atoms with Crippen molar-refractivity contribution in [1.82, 2.24) is 4.98 Å². The van der Waals surface area contributed by atoms with E-state index in [0.29, 0.717) is 0 Å². The highest BCUT2D eigenvalue weighted by molar-refractivity contribution is 7.18. The standard InChI is InChI=1S/C20H15N2S2/c1-12-13-5-3-4-6-14(13)19-15(8-10-23-19)17(12)18-20-16(21-11-24-20)7-9-22(18)2/h3-11H,1-2H3/q+1. The van der Waals surface area contributed by atoms with Crippen LogP contribution in [0.4, 0.5) is 0 Å².